The van der Waals surface area contributed by atoms with Gasteiger partial charge in [0.15, 0.2) is 17.4 Å². The van der Waals surface area contributed by atoms with Crippen molar-refractivity contribution in [2.45, 2.75) is 76.1 Å². The summed E-state index contributed by atoms with van der Waals surface area (Å²) in [4.78, 5) is 14.9. The van der Waals surface area contributed by atoms with E-state index in [-0.39, 0.29) is 32.0 Å². The number of sulfonamides is 1. The summed E-state index contributed by atoms with van der Waals surface area (Å²) in [7, 11) is -3.82. The van der Waals surface area contributed by atoms with Crippen LogP contribution in [0.5, 0.6) is 5.75 Å². The molecule has 45 heavy (non-hydrogen) atoms. The Balaban J connectivity index is 1.16. The Hall–Kier alpha value is -2.97. The first kappa shape index (κ1) is 33.4. The quantitative estimate of drug-likeness (QED) is 0.371. The Labute approximate surface area is 259 Å². The van der Waals surface area contributed by atoms with Crippen LogP contribution in [0.2, 0.25) is 0 Å². The number of ether oxygens (including phenoxy) is 1. The van der Waals surface area contributed by atoms with Crippen molar-refractivity contribution in [3.05, 3.63) is 64.7 Å². The van der Waals surface area contributed by atoms with E-state index in [0.717, 1.165) is 12.1 Å². The number of halogens is 5. The van der Waals surface area contributed by atoms with Gasteiger partial charge >= 0.3 is 12.3 Å². The summed E-state index contributed by atoms with van der Waals surface area (Å²) in [6, 6.07) is 6.60. The predicted octanol–water partition coefficient (Wildman–Crippen LogP) is 5.92. The highest BCUT2D eigenvalue weighted by atomic mass is 32.2. The third kappa shape index (κ3) is 7.07. The first-order valence-corrected chi connectivity index (χ1v) is 16.5. The van der Waals surface area contributed by atoms with E-state index >= 15 is 8.78 Å². The lowest BCUT2D eigenvalue weighted by molar-refractivity contribution is -0.137. The molecule has 0 aromatic heterocycles. The second-order valence-corrected chi connectivity index (χ2v) is 15.4. The fraction of sp³-hybridized carbons (Fsp3) is 0.581. The second-order valence-electron chi connectivity index (χ2n) is 13.3. The third-order valence-corrected chi connectivity index (χ3v) is 11.4. The first-order chi connectivity index (χ1) is 20.9. The van der Waals surface area contributed by atoms with Crippen LogP contribution in [-0.2, 0) is 22.7 Å². The fourth-order valence-corrected chi connectivity index (χ4v) is 9.22. The van der Waals surface area contributed by atoms with Crippen molar-refractivity contribution in [2.75, 3.05) is 32.7 Å². The molecule has 2 aromatic rings. The van der Waals surface area contributed by atoms with Crippen molar-refractivity contribution < 1.29 is 45.0 Å². The maximum atomic E-state index is 15.1. The molecule has 3 aliphatic heterocycles. The van der Waals surface area contributed by atoms with Gasteiger partial charge in [-0.3, -0.25) is 4.90 Å². The Bertz CT molecular complexity index is 1480. The number of amides is 1. The normalized spacial score (nSPS) is 22.9. The smallest absolute Gasteiger partial charge is 0.416 e. The van der Waals surface area contributed by atoms with E-state index in [4.69, 9.17) is 4.74 Å². The molecule has 0 spiro atoms. The number of piperidine rings is 1. The molecule has 14 heteroatoms. The lowest BCUT2D eigenvalue weighted by atomic mass is 9.85. The second kappa shape index (κ2) is 12.3. The van der Waals surface area contributed by atoms with Crippen LogP contribution in [0.3, 0.4) is 0 Å². The van der Waals surface area contributed by atoms with E-state index in [0.29, 0.717) is 43.6 Å². The van der Waals surface area contributed by atoms with Gasteiger partial charge in [-0.15, -0.1) is 0 Å². The molecule has 248 valence electrons. The number of carbonyl (C=O) groups is 1. The van der Waals surface area contributed by atoms with Crippen LogP contribution in [0.25, 0.3) is 0 Å². The minimum Gasteiger partial charge on any atom is -0.482 e. The molecule has 0 bridgehead atoms. The molecule has 2 atom stereocenters. The Morgan fingerprint density at radius 2 is 1.53 bits per heavy atom. The lowest BCUT2D eigenvalue weighted by Gasteiger charge is -2.40. The molecule has 0 saturated carbocycles. The van der Waals surface area contributed by atoms with Crippen molar-refractivity contribution in [3.63, 3.8) is 0 Å². The molecular formula is C31H38F5N3O5S. The SMILES string of the molecule is CC(C)(C)C1C(S(=O)(=O)N2CCC(c3cc(F)c(OC4CN(Cc5ccc(C(F)(F)F)cc5)C4)c(F)c3)CC2)CCN1C(=O)O. The van der Waals surface area contributed by atoms with E-state index < -0.39 is 68.1 Å². The highest BCUT2D eigenvalue weighted by molar-refractivity contribution is 7.89. The average molecular weight is 660 g/mol. The van der Waals surface area contributed by atoms with Crippen molar-refractivity contribution in [1.29, 1.82) is 0 Å². The third-order valence-electron chi connectivity index (χ3n) is 9.06. The zero-order valence-corrected chi connectivity index (χ0v) is 26.2. The number of rotatable bonds is 7. The molecule has 2 unspecified atom stereocenters. The maximum absolute atomic E-state index is 15.1. The van der Waals surface area contributed by atoms with Gasteiger partial charge < -0.3 is 14.7 Å². The van der Waals surface area contributed by atoms with Crippen LogP contribution in [-0.4, -0.2) is 83.8 Å². The number of alkyl halides is 3. The predicted molar refractivity (Wildman–Crippen MR) is 156 cm³/mol. The van der Waals surface area contributed by atoms with E-state index in [1.165, 1.54) is 33.5 Å². The van der Waals surface area contributed by atoms with Gasteiger partial charge in [-0.2, -0.15) is 13.2 Å². The van der Waals surface area contributed by atoms with Gasteiger partial charge in [0.25, 0.3) is 0 Å². The summed E-state index contributed by atoms with van der Waals surface area (Å²) in [6.45, 7) is 7.04. The van der Waals surface area contributed by atoms with Crippen LogP contribution in [0.1, 0.15) is 62.6 Å². The topological polar surface area (TPSA) is 90.4 Å². The molecular weight excluding hydrogens is 621 g/mol. The molecule has 3 saturated heterocycles. The summed E-state index contributed by atoms with van der Waals surface area (Å²) < 4.78 is 103. The largest absolute Gasteiger partial charge is 0.482 e. The molecule has 2 aromatic carbocycles. The van der Waals surface area contributed by atoms with Crippen molar-refractivity contribution in [2.24, 2.45) is 5.41 Å². The zero-order chi connectivity index (χ0) is 32.9. The number of hydrogen-bond acceptors (Lipinski definition) is 5. The first-order valence-electron chi connectivity index (χ1n) is 15.0. The van der Waals surface area contributed by atoms with Gasteiger partial charge in [-0.1, -0.05) is 32.9 Å². The van der Waals surface area contributed by atoms with Crippen LogP contribution in [0, 0.1) is 17.0 Å². The average Bonchev–Trinajstić information content (AvgIpc) is 3.41. The van der Waals surface area contributed by atoms with Crippen molar-refractivity contribution in [1.82, 2.24) is 14.1 Å². The van der Waals surface area contributed by atoms with E-state index in [9.17, 15) is 31.5 Å². The van der Waals surface area contributed by atoms with Crippen LogP contribution in [0.4, 0.5) is 26.7 Å². The molecule has 3 fully saturated rings. The van der Waals surface area contributed by atoms with E-state index in [1.807, 2.05) is 25.7 Å². The molecule has 1 amide bonds. The van der Waals surface area contributed by atoms with Crippen molar-refractivity contribution >= 4 is 16.1 Å². The summed E-state index contributed by atoms with van der Waals surface area (Å²) in [5.74, 6) is -2.46. The Morgan fingerprint density at radius 3 is 2.04 bits per heavy atom. The van der Waals surface area contributed by atoms with Gasteiger partial charge in [0, 0.05) is 39.3 Å². The Kier molecular flexibility index (Phi) is 9.15. The van der Waals surface area contributed by atoms with Crippen LogP contribution >= 0.6 is 0 Å². The fourth-order valence-electron chi connectivity index (χ4n) is 6.83. The number of hydrogen-bond donors (Lipinski definition) is 1. The van der Waals surface area contributed by atoms with Crippen LogP contribution < -0.4 is 4.74 Å². The zero-order valence-electron chi connectivity index (χ0n) is 25.4. The summed E-state index contributed by atoms with van der Waals surface area (Å²) in [6.07, 6.45) is -5.11. The minimum absolute atomic E-state index is 0.142. The molecule has 0 aliphatic carbocycles. The van der Waals surface area contributed by atoms with Gasteiger partial charge in [0.1, 0.15) is 6.10 Å². The lowest BCUT2D eigenvalue weighted by Crippen LogP contribution is -2.53. The number of carboxylic acid groups (broad SMARTS) is 1. The van der Waals surface area contributed by atoms with E-state index in [2.05, 4.69) is 0 Å². The van der Waals surface area contributed by atoms with Gasteiger partial charge in [0.05, 0.1) is 16.9 Å². The summed E-state index contributed by atoms with van der Waals surface area (Å²) in [5, 5.41) is 8.78. The highest BCUT2D eigenvalue weighted by Crippen LogP contribution is 2.40. The summed E-state index contributed by atoms with van der Waals surface area (Å²) >= 11 is 0. The molecule has 3 heterocycles. The van der Waals surface area contributed by atoms with E-state index in [1.54, 1.807) is 0 Å². The number of benzene rings is 2. The maximum Gasteiger partial charge on any atom is 0.416 e. The highest BCUT2D eigenvalue weighted by Gasteiger charge is 2.51. The Morgan fingerprint density at radius 1 is 0.956 bits per heavy atom. The summed E-state index contributed by atoms with van der Waals surface area (Å²) in [5.41, 5.74) is -0.222. The van der Waals surface area contributed by atoms with Gasteiger partial charge in [0.2, 0.25) is 10.0 Å². The monoisotopic (exact) mass is 659 g/mol. The van der Waals surface area contributed by atoms with Crippen LogP contribution in [0.15, 0.2) is 36.4 Å². The molecule has 8 nitrogen and oxygen atoms in total. The molecule has 1 N–H and O–H groups in total. The van der Waals surface area contributed by atoms with Gasteiger partial charge in [-0.05, 0) is 66.0 Å². The number of likely N-dealkylation sites (tertiary alicyclic amines) is 2. The molecule has 5 rings (SSSR count). The molecule has 0 radical (unpaired) electrons. The number of nitrogens with zero attached hydrogens (tertiary/aromatic N) is 3. The minimum atomic E-state index is -4.41. The van der Waals surface area contributed by atoms with Crippen molar-refractivity contribution in [3.8, 4) is 5.75 Å². The van der Waals surface area contributed by atoms with Gasteiger partial charge in [-0.25, -0.2) is 26.3 Å². The standard InChI is InChI=1S/C31H38F5N3O5S/c1-30(2,3)28-26(10-13-39(28)29(40)41)45(42,43)38-11-8-20(9-12-38)21-14-24(32)27(25(33)15-21)44-23-17-37(18-23)16-19-4-6-22(7-5-19)31(34,35)36/h4-7,14-15,20,23,26,28H,8-13,16-18H2,1-3H3,(H,40,41). The molecule has 3 aliphatic rings.